The van der Waals surface area contributed by atoms with Crippen LogP contribution in [0, 0.1) is 11.8 Å². The zero-order chi connectivity index (χ0) is 6.43. The van der Waals surface area contributed by atoms with Crippen LogP contribution in [0.25, 0.3) is 0 Å². The number of ketones is 1. The molecule has 0 spiro atoms. The highest BCUT2D eigenvalue weighted by Gasteiger charge is 2.40. The third kappa shape index (κ3) is 0.576. The first-order chi connectivity index (χ1) is 4.27. The first-order valence-corrected chi connectivity index (χ1v) is 3.48. The number of allylic oxidation sites excluding steroid dienone is 1. The van der Waals surface area contributed by atoms with Crippen LogP contribution in [-0.2, 0) is 4.79 Å². The molecule has 48 valence electrons. The summed E-state index contributed by atoms with van der Waals surface area (Å²) in [6.45, 7) is 3.92. The van der Waals surface area contributed by atoms with E-state index >= 15 is 0 Å². The van der Waals surface area contributed by atoms with Gasteiger partial charge in [-0.15, -0.1) is 0 Å². The molecule has 2 saturated carbocycles. The zero-order valence-electron chi connectivity index (χ0n) is 5.39. The Bertz CT molecular complexity index is 161. The van der Waals surface area contributed by atoms with Crippen LogP contribution in [0.1, 0.15) is 19.3 Å². The van der Waals surface area contributed by atoms with Gasteiger partial charge in [-0.2, -0.15) is 0 Å². The van der Waals surface area contributed by atoms with Crippen molar-refractivity contribution < 1.29 is 4.79 Å². The smallest absolute Gasteiger partial charge is 0.136 e. The lowest BCUT2D eigenvalue weighted by Crippen LogP contribution is -2.09. The highest BCUT2D eigenvalue weighted by Crippen LogP contribution is 2.44. The summed E-state index contributed by atoms with van der Waals surface area (Å²) in [6.07, 6.45) is 2.89. The molecule has 2 fully saturated rings. The third-order valence-corrected chi connectivity index (χ3v) is 2.56. The molecule has 2 atom stereocenters. The Morgan fingerprint density at radius 3 is 2.44 bits per heavy atom. The molecule has 0 unspecified atom stereocenters. The number of hydrogen-bond donors (Lipinski definition) is 0. The first kappa shape index (κ1) is 5.21. The van der Waals surface area contributed by atoms with E-state index in [0.717, 1.165) is 19.3 Å². The van der Waals surface area contributed by atoms with Crippen LogP contribution in [0.4, 0.5) is 0 Å². The second-order valence-electron chi connectivity index (χ2n) is 3.16. The van der Waals surface area contributed by atoms with E-state index in [4.69, 9.17) is 0 Å². The summed E-state index contributed by atoms with van der Waals surface area (Å²) >= 11 is 0. The highest BCUT2D eigenvalue weighted by molar-refractivity contribution is 5.85. The fourth-order valence-electron chi connectivity index (χ4n) is 1.96. The summed E-state index contributed by atoms with van der Waals surface area (Å²) in [5, 5.41) is 0. The van der Waals surface area contributed by atoms with Gasteiger partial charge in [0.2, 0.25) is 0 Å². The van der Waals surface area contributed by atoms with E-state index in [2.05, 4.69) is 6.58 Å². The van der Waals surface area contributed by atoms with Crippen LogP contribution >= 0.6 is 0 Å². The van der Waals surface area contributed by atoms with Gasteiger partial charge in [-0.3, -0.25) is 4.79 Å². The Balaban J connectivity index is 2.28. The van der Waals surface area contributed by atoms with E-state index < -0.39 is 0 Å². The summed E-state index contributed by atoms with van der Waals surface area (Å²) in [4.78, 5) is 10.9. The topological polar surface area (TPSA) is 17.1 Å². The summed E-state index contributed by atoms with van der Waals surface area (Å²) in [5.74, 6) is 1.43. The lowest BCUT2D eigenvalue weighted by Gasteiger charge is -2.09. The maximum absolute atomic E-state index is 10.9. The van der Waals surface area contributed by atoms with Crippen molar-refractivity contribution in [2.75, 3.05) is 0 Å². The molecule has 0 heterocycles. The molecule has 0 aliphatic heterocycles. The molecule has 0 saturated heterocycles. The summed E-state index contributed by atoms with van der Waals surface area (Å²) < 4.78 is 0. The molecular weight excluding hydrogens is 112 g/mol. The van der Waals surface area contributed by atoms with E-state index in [1.54, 1.807) is 0 Å². The second-order valence-corrected chi connectivity index (χ2v) is 3.16. The fourth-order valence-corrected chi connectivity index (χ4v) is 1.96. The number of hydrogen-bond acceptors (Lipinski definition) is 1. The van der Waals surface area contributed by atoms with Crippen molar-refractivity contribution >= 4 is 5.78 Å². The van der Waals surface area contributed by atoms with Gasteiger partial charge in [0.25, 0.3) is 0 Å². The average molecular weight is 122 g/mol. The molecule has 0 aromatic heterocycles. The van der Waals surface area contributed by atoms with Crippen molar-refractivity contribution in [1.82, 2.24) is 0 Å². The molecule has 0 N–H and O–H groups in total. The van der Waals surface area contributed by atoms with Gasteiger partial charge in [0.1, 0.15) is 5.78 Å². The summed E-state index contributed by atoms with van der Waals surface area (Å²) in [7, 11) is 0. The van der Waals surface area contributed by atoms with Gasteiger partial charge in [0.15, 0.2) is 0 Å². The molecule has 9 heavy (non-hydrogen) atoms. The predicted molar refractivity (Wildman–Crippen MR) is 35.0 cm³/mol. The molecule has 2 aliphatic rings. The number of carbonyl (C=O) groups excluding carboxylic acids is 1. The quantitative estimate of drug-likeness (QED) is 0.445. The van der Waals surface area contributed by atoms with Gasteiger partial charge in [0, 0.05) is 12.3 Å². The van der Waals surface area contributed by atoms with Gasteiger partial charge in [0.05, 0.1) is 0 Å². The minimum atomic E-state index is 0.377. The van der Waals surface area contributed by atoms with Gasteiger partial charge < -0.3 is 0 Å². The van der Waals surface area contributed by atoms with Crippen LogP contribution in [0.2, 0.25) is 0 Å². The maximum atomic E-state index is 10.9. The largest absolute Gasteiger partial charge is 0.299 e. The molecule has 0 amide bonds. The van der Waals surface area contributed by atoms with Gasteiger partial charge in [-0.05, 0) is 18.8 Å². The third-order valence-electron chi connectivity index (χ3n) is 2.56. The molecule has 1 heteroatoms. The van der Waals surface area contributed by atoms with Gasteiger partial charge >= 0.3 is 0 Å². The highest BCUT2D eigenvalue weighted by atomic mass is 16.1. The zero-order valence-corrected chi connectivity index (χ0v) is 5.39. The predicted octanol–water partition coefficient (Wildman–Crippen LogP) is 1.54. The van der Waals surface area contributed by atoms with Crippen LogP contribution in [-0.4, -0.2) is 5.78 Å². The van der Waals surface area contributed by atoms with Gasteiger partial charge in [-0.25, -0.2) is 0 Å². The SMILES string of the molecule is C=C1C[C@@H]2C[C@H]1CC2=O. The minimum Gasteiger partial charge on any atom is -0.299 e. The van der Waals surface area contributed by atoms with E-state index in [1.165, 1.54) is 5.57 Å². The van der Waals surface area contributed by atoms with Crippen molar-refractivity contribution in [1.29, 1.82) is 0 Å². The maximum Gasteiger partial charge on any atom is 0.136 e. The monoisotopic (exact) mass is 122 g/mol. The Morgan fingerprint density at radius 1 is 1.33 bits per heavy atom. The van der Waals surface area contributed by atoms with Crippen molar-refractivity contribution in [3.63, 3.8) is 0 Å². The Labute approximate surface area is 54.8 Å². The molecule has 0 radical (unpaired) electrons. The molecule has 2 rings (SSSR count). The van der Waals surface area contributed by atoms with Crippen LogP contribution in [0.15, 0.2) is 12.2 Å². The molecule has 0 aromatic rings. The molecule has 0 aromatic carbocycles. The number of rotatable bonds is 0. The number of carbonyl (C=O) groups is 1. The van der Waals surface area contributed by atoms with Crippen LogP contribution in [0.5, 0.6) is 0 Å². The Kier molecular flexibility index (Phi) is 0.850. The summed E-state index contributed by atoms with van der Waals surface area (Å²) in [6, 6.07) is 0. The number of fused-ring (bicyclic) bond motifs is 2. The van der Waals surface area contributed by atoms with Crippen LogP contribution < -0.4 is 0 Å². The minimum absolute atomic E-state index is 0.377. The van der Waals surface area contributed by atoms with Crippen molar-refractivity contribution in [2.45, 2.75) is 19.3 Å². The number of Topliss-reactive ketones (excluding diaryl/α,β-unsaturated/α-hetero) is 1. The Hall–Kier alpha value is -0.590. The second kappa shape index (κ2) is 1.47. The van der Waals surface area contributed by atoms with E-state index in [-0.39, 0.29) is 0 Å². The first-order valence-electron chi connectivity index (χ1n) is 3.48. The Morgan fingerprint density at radius 2 is 2.11 bits per heavy atom. The molecule has 1 nitrogen and oxygen atoms in total. The van der Waals surface area contributed by atoms with Crippen molar-refractivity contribution in [3.8, 4) is 0 Å². The van der Waals surface area contributed by atoms with E-state index in [0.29, 0.717) is 17.6 Å². The lowest BCUT2D eigenvalue weighted by molar-refractivity contribution is -0.121. The van der Waals surface area contributed by atoms with E-state index in [9.17, 15) is 4.79 Å². The van der Waals surface area contributed by atoms with Crippen molar-refractivity contribution in [2.24, 2.45) is 11.8 Å². The molecular formula is C8H10O. The van der Waals surface area contributed by atoms with E-state index in [1.807, 2.05) is 0 Å². The normalized spacial score (nSPS) is 40.4. The molecule has 2 aliphatic carbocycles. The standard InChI is InChI=1S/C8H10O/c1-5-2-7-3-6(5)4-8(7)9/h6-7H,1-4H2/t6-,7+/m0/s1. The molecule has 2 bridgehead atoms. The average Bonchev–Trinajstić information content (AvgIpc) is 2.24. The fraction of sp³-hybridized carbons (Fsp3) is 0.625. The van der Waals surface area contributed by atoms with Gasteiger partial charge in [-0.1, -0.05) is 12.2 Å². The summed E-state index contributed by atoms with van der Waals surface area (Å²) in [5.41, 5.74) is 1.32. The lowest BCUT2D eigenvalue weighted by atomic mass is 9.95. The van der Waals surface area contributed by atoms with Crippen LogP contribution in [0.3, 0.4) is 0 Å². The van der Waals surface area contributed by atoms with Crippen molar-refractivity contribution in [3.05, 3.63) is 12.2 Å².